The van der Waals surface area contributed by atoms with Crippen LogP contribution < -0.4 is 15.2 Å². The highest BCUT2D eigenvalue weighted by Gasteiger charge is 2.02. The van der Waals surface area contributed by atoms with Crippen molar-refractivity contribution >= 4 is 5.69 Å². The second-order valence-electron chi connectivity index (χ2n) is 5.38. The fourth-order valence-corrected chi connectivity index (χ4v) is 2.20. The van der Waals surface area contributed by atoms with Gasteiger partial charge in [0.15, 0.2) is 0 Å². The molecule has 3 aromatic carbocycles. The van der Waals surface area contributed by atoms with E-state index in [1.807, 2.05) is 79.7 Å². The summed E-state index contributed by atoms with van der Waals surface area (Å²) < 4.78 is 11.7. The SMILES string of the molecule is Cc1ccc(Oc2cccc(OCc3ccccc3N)c2)cc1. The van der Waals surface area contributed by atoms with Gasteiger partial charge in [0, 0.05) is 17.3 Å². The highest BCUT2D eigenvalue weighted by molar-refractivity contribution is 5.46. The van der Waals surface area contributed by atoms with Gasteiger partial charge in [0.05, 0.1) is 0 Å². The van der Waals surface area contributed by atoms with Gasteiger partial charge in [-0.25, -0.2) is 0 Å². The number of benzene rings is 3. The van der Waals surface area contributed by atoms with E-state index in [9.17, 15) is 0 Å². The fraction of sp³-hybridized carbons (Fsp3) is 0.100. The van der Waals surface area contributed by atoms with Gasteiger partial charge in [-0.3, -0.25) is 0 Å². The zero-order chi connectivity index (χ0) is 16.1. The summed E-state index contributed by atoms with van der Waals surface area (Å²) in [6, 6.07) is 23.2. The number of anilines is 1. The fourth-order valence-electron chi connectivity index (χ4n) is 2.20. The highest BCUT2D eigenvalue weighted by atomic mass is 16.5. The van der Waals surface area contributed by atoms with E-state index in [0.717, 1.165) is 28.5 Å². The van der Waals surface area contributed by atoms with Crippen LogP contribution in [0.3, 0.4) is 0 Å². The van der Waals surface area contributed by atoms with E-state index in [0.29, 0.717) is 6.61 Å². The molecule has 0 heterocycles. The Kier molecular flexibility index (Phi) is 4.48. The summed E-state index contributed by atoms with van der Waals surface area (Å²) in [5.41, 5.74) is 8.83. The Balaban J connectivity index is 1.67. The number of hydrogen-bond acceptors (Lipinski definition) is 3. The third-order valence-corrected chi connectivity index (χ3v) is 3.51. The second kappa shape index (κ2) is 6.88. The quantitative estimate of drug-likeness (QED) is 0.678. The molecule has 0 saturated heterocycles. The van der Waals surface area contributed by atoms with Crippen LogP contribution in [-0.2, 0) is 6.61 Å². The average Bonchev–Trinajstić information content (AvgIpc) is 2.57. The van der Waals surface area contributed by atoms with Crippen molar-refractivity contribution in [3.05, 3.63) is 83.9 Å². The van der Waals surface area contributed by atoms with Gasteiger partial charge in [0.25, 0.3) is 0 Å². The van der Waals surface area contributed by atoms with Gasteiger partial charge in [0.1, 0.15) is 23.9 Å². The summed E-state index contributed by atoms with van der Waals surface area (Å²) in [5, 5.41) is 0. The summed E-state index contributed by atoms with van der Waals surface area (Å²) in [4.78, 5) is 0. The molecule has 3 aromatic rings. The molecule has 2 N–H and O–H groups in total. The number of nitrogens with two attached hydrogens (primary N) is 1. The minimum absolute atomic E-state index is 0.431. The van der Waals surface area contributed by atoms with Crippen LogP contribution in [0.4, 0.5) is 5.69 Å². The number of nitrogen functional groups attached to an aromatic ring is 1. The molecule has 3 nitrogen and oxygen atoms in total. The maximum Gasteiger partial charge on any atom is 0.131 e. The Labute approximate surface area is 136 Å². The van der Waals surface area contributed by atoms with E-state index in [1.165, 1.54) is 5.56 Å². The van der Waals surface area contributed by atoms with Crippen LogP contribution in [0, 0.1) is 6.92 Å². The lowest BCUT2D eigenvalue weighted by molar-refractivity contribution is 0.305. The predicted molar refractivity (Wildman–Crippen MR) is 92.9 cm³/mol. The molecule has 0 saturated carbocycles. The summed E-state index contributed by atoms with van der Waals surface area (Å²) in [6.07, 6.45) is 0. The number of hydrogen-bond donors (Lipinski definition) is 1. The van der Waals surface area contributed by atoms with E-state index >= 15 is 0 Å². The summed E-state index contributed by atoms with van der Waals surface area (Å²) in [6.45, 7) is 2.48. The van der Waals surface area contributed by atoms with Gasteiger partial charge < -0.3 is 15.2 Å². The van der Waals surface area contributed by atoms with Crippen LogP contribution in [0.2, 0.25) is 0 Å². The summed E-state index contributed by atoms with van der Waals surface area (Å²) in [7, 11) is 0. The maximum atomic E-state index is 5.92. The van der Waals surface area contributed by atoms with Crippen LogP contribution in [0.25, 0.3) is 0 Å². The molecular formula is C20H19NO2. The zero-order valence-electron chi connectivity index (χ0n) is 13.0. The van der Waals surface area contributed by atoms with E-state index < -0.39 is 0 Å². The van der Waals surface area contributed by atoms with Gasteiger partial charge in [-0.05, 0) is 37.3 Å². The Bertz CT molecular complexity index is 782. The van der Waals surface area contributed by atoms with Crippen molar-refractivity contribution in [1.82, 2.24) is 0 Å². The molecule has 0 unspecified atom stereocenters. The first-order chi connectivity index (χ1) is 11.2. The lowest BCUT2D eigenvalue weighted by Gasteiger charge is -2.10. The van der Waals surface area contributed by atoms with Crippen molar-refractivity contribution in [1.29, 1.82) is 0 Å². The van der Waals surface area contributed by atoms with Gasteiger partial charge in [-0.15, -0.1) is 0 Å². The molecule has 0 bridgehead atoms. The van der Waals surface area contributed by atoms with Crippen molar-refractivity contribution in [2.75, 3.05) is 5.73 Å². The van der Waals surface area contributed by atoms with Crippen molar-refractivity contribution in [3.63, 3.8) is 0 Å². The van der Waals surface area contributed by atoms with Gasteiger partial charge in [0.2, 0.25) is 0 Å². The van der Waals surface area contributed by atoms with Crippen molar-refractivity contribution < 1.29 is 9.47 Å². The molecule has 3 heteroatoms. The van der Waals surface area contributed by atoms with Crippen molar-refractivity contribution in [2.24, 2.45) is 0 Å². The minimum atomic E-state index is 0.431. The lowest BCUT2D eigenvalue weighted by Crippen LogP contribution is -1.99. The van der Waals surface area contributed by atoms with E-state index in [1.54, 1.807) is 0 Å². The van der Waals surface area contributed by atoms with Crippen LogP contribution in [0.5, 0.6) is 17.2 Å². The molecule has 3 rings (SSSR count). The molecule has 0 aliphatic rings. The van der Waals surface area contributed by atoms with Crippen molar-refractivity contribution in [3.8, 4) is 17.2 Å². The van der Waals surface area contributed by atoms with Crippen LogP contribution >= 0.6 is 0 Å². The number of aryl methyl sites for hydroxylation is 1. The third kappa shape index (κ3) is 4.04. The Hall–Kier alpha value is -2.94. The molecule has 23 heavy (non-hydrogen) atoms. The summed E-state index contributed by atoms with van der Waals surface area (Å²) in [5.74, 6) is 2.30. The van der Waals surface area contributed by atoms with Crippen LogP contribution in [0.15, 0.2) is 72.8 Å². The first-order valence-corrected chi connectivity index (χ1v) is 7.51. The van der Waals surface area contributed by atoms with E-state index in [-0.39, 0.29) is 0 Å². The maximum absolute atomic E-state index is 5.92. The molecule has 0 spiro atoms. The second-order valence-corrected chi connectivity index (χ2v) is 5.38. The monoisotopic (exact) mass is 305 g/mol. The minimum Gasteiger partial charge on any atom is -0.489 e. The summed E-state index contributed by atoms with van der Waals surface area (Å²) >= 11 is 0. The largest absolute Gasteiger partial charge is 0.489 e. The number of rotatable bonds is 5. The molecule has 0 aromatic heterocycles. The molecular weight excluding hydrogens is 286 g/mol. The van der Waals surface area contributed by atoms with Gasteiger partial charge >= 0.3 is 0 Å². The molecule has 0 radical (unpaired) electrons. The first-order valence-electron chi connectivity index (χ1n) is 7.51. The van der Waals surface area contributed by atoms with Gasteiger partial charge in [-0.1, -0.05) is 42.0 Å². The first kappa shape index (κ1) is 15.0. The van der Waals surface area contributed by atoms with Crippen LogP contribution in [0.1, 0.15) is 11.1 Å². The molecule has 0 fully saturated rings. The Morgan fingerprint density at radius 3 is 2.30 bits per heavy atom. The normalized spacial score (nSPS) is 10.3. The number of ether oxygens (including phenoxy) is 2. The van der Waals surface area contributed by atoms with Gasteiger partial charge in [-0.2, -0.15) is 0 Å². The third-order valence-electron chi connectivity index (χ3n) is 3.51. The van der Waals surface area contributed by atoms with Crippen LogP contribution in [-0.4, -0.2) is 0 Å². The van der Waals surface area contributed by atoms with E-state index in [4.69, 9.17) is 15.2 Å². The average molecular weight is 305 g/mol. The predicted octanol–water partition coefficient (Wildman–Crippen LogP) is 4.95. The molecule has 0 aliphatic heterocycles. The molecule has 116 valence electrons. The lowest BCUT2D eigenvalue weighted by atomic mass is 10.2. The molecule has 0 aliphatic carbocycles. The van der Waals surface area contributed by atoms with E-state index in [2.05, 4.69) is 0 Å². The van der Waals surface area contributed by atoms with Crippen molar-refractivity contribution in [2.45, 2.75) is 13.5 Å². The highest BCUT2D eigenvalue weighted by Crippen LogP contribution is 2.26. The molecule has 0 atom stereocenters. The number of para-hydroxylation sites is 1. The zero-order valence-corrected chi connectivity index (χ0v) is 13.0. The Morgan fingerprint density at radius 1 is 0.783 bits per heavy atom. The smallest absolute Gasteiger partial charge is 0.131 e. The Morgan fingerprint density at radius 2 is 1.52 bits per heavy atom. The topological polar surface area (TPSA) is 44.5 Å². The standard InChI is InChI=1S/C20H19NO2/c1-15-9-11-17(12-10-15)23-19-7-4-6-18(13-19)22-14-16-5-2-3-8-20(16)21/h2-13H,14,21H2,1H3. The molecule has 0 amide bonds.